The molecule has 4 aromatic rings. The molecule has 3 aromatic heterocycles. The number of thiazole rings is 1. The minimum absolute atomic E-state index is 0.0544. The molecule has 0 atom stereocenters. The number of nitrogens with one attached hydrogen (secondary N) is 1. The lowest BCUT2D eigenvalue weighted by atomic mass is 10.2. The van der Waals surface area contributed by atoms with E-state index in [0.29, 0.717) is 22.2 Å². The number of hydrogen-bond acceptors (Lipinski definition) is 7. The summed E-state index contributed by atoms with van der Waals surface area (Å²) in [5.74, 6) is -0.00259. The number of anilines is 1. The number of hydrogen-bond donors (Lipinski definition) is 1. The molecule has 0 aliphatic carbocycles. The van der Waals surface area contributed by atoms with Crippen LogP contribution in [0.3, 0.4) is 0 Å². The van der Waals surface area contributed by atoms with Crippen molar-refractivity contribution in [3.05, 3.63) is 45.1 Å². The molecular weight excluding hydrogens is 412 g/mol. The van der Waals surface area contributed by atoms with Crippen LogP contribution < -0.4 is 10.9 Å². The van der Waals surface area contributed by atoms with Crippen LogP contribution in [0.2, 0.25) is 0 Å². The first-order chi connectivity index (χ1) is 13.4. The largest absolute Gasteiger partial charge is 0.301 e. The Morgan fingerprint density at radius 2 is 2.04 bits per heavy atom. The van der Waals surface area contributed by atoms with Crippen molar-refractivity contribution in [3.63, 3.8) is 0 Å². The molecule has 0 saturated heterocycles. The summed E-state index contributed by atoms with van der Waals surface area (Å²) in [5, 5.41) is 4.64. The molecule has 6 nitrogen and oxygen atoms in total. The van der Waals surface area contributed by atoms with Crippen LogP contribution in [0, 0.1) is 13.8 Å². The maximum atomic E-state index is 12.7. The van der Waals surface area contributed by atoms with Gasteiger partial charge in [0.1, 0.15) is 4.83 Å². The minimum Gasteiger partial charge on any atom is -0.301 e. The predicted molar refractivity (Wildman–Crippen MR) is 118 cm³/mol. The van der Waals surface area contributed by atoms with Gasteiger partial charge in [-0.25, -0.2) is 9.97 Å². The van der Waals surface area contributed by atoms with Gasteiger partial charge in [0.05, 0.1) is 21.4 Å². The lowest BCUT2D eigenvalue weighted by Gasteiger charge is -2.09. The predicted octanol–water partition coefficient (Wildman–Crippen LogP) is 4.44. The van der Waals surface area contributed by atoms with Gasteiger partial charge in [0.15, 0.2) is 10.3 Å². The molecule has 0 saturated carbocycles. The van der Waals surface area contributed by atoms with Gasteiger partial charge in [-0.2, -0.15) is 0 Å². The number of thioether (sulfide) groups is 1. The summed E-state index contributed by atoms with van der Waals surface area (Å²) in [4.78, 5) is 35.9. The van der Waals surface area contributed by atoms with Crippen molar-refractivity contribution >= 4 is 65.9 Å². The molecule has 0 aliphatic rings. The van der Waals surface area contributed by atoms with Gasteiger partial charge in [-0.15, -0.1) is 11.3 Å². The standard InChI is InChI=1S/C19H18N4O2S3/c1-4-23-17(25)12-8-11(3)27-16(12)22-19(23)26-9-15(24)21-18-20-13-6-5-10(2)7-14(13)28-18/h5-8H,4,9H2,1-3H3,(H,20,21,24). The second-order valence-corrected chi connectivity index (χ2v) is 9.55. The van der Waals surface area contributed by atoms with Gasteiger partial charge < -0.3 is 5.32 Å². The van der Waals surface area contributed by atoms with Crippen LogP contribution in [0.4, 0.5) is 5.13 Å². The Hall–Kier alpha value is -2.23. The van der Waals surface area contributed by atoms with Crippen LogP contribution in [-0.2, 0) is 11.3 Å². The first-order valence-corrected chi connectivity index (χ1v) is 11.4. The van der Waals surface area contributed by atoms with Crippen LogP contribution in [0.15, 0.2) is 34.2 Å². The van der Waals surface area contributed by atoms with Gasteiger partial charge in [-0.3, -0.25) is 14.2 Å². The number of benzene rings is 1. The number of aromatic nitrogens is 3. The highest BCUT2D eigenvalue weighted by Crippen LogP contribution is 2.27. The lowest BCUT2D eigenvalue weighted by Crippen LogP contribution is -2.23. The highest BCUT2D eigenvalue weighted by atomic mass is 32.2. The van der Waals surface area contributed by atoms with Crippen molar-refractivity contribution in [1.29, 1.82) is 0 Å². The number of amides is 1. The molecule has 28 heavy (non-hydrogen) atoms. The Kier molecular flexibility index (Phi) is 5.22. The Morgan fingerprint density at radius 1 is 1.21 bits per heavy atom. The normalized spacial score (nSPS) is 11.4. The summed E-state index contributed by atoms with van der Waals surface area (Å²) < 4.78 is 2.66. The van der Waals surface area contributed by atoms with Crippen molar-refractivity contribution in [3.8, 4) is 0 Å². The van der Waals surface area contributed by atoms with Crippen molar-refractivity contribution in [1.82, 2.24) is 14.5 Å². The molecule has 3 heterocycles. The van der Waals surface area contributed by atoms with E-state index >= 15 is 0 Å². The van der Waals surface area contributed by atoms with Crippen LogP contribution >= 0.6 is 34.4 Å². The molecule has 0 unspecified atom stereocenters. The highest BCUT2D eigenvalue weighted by Gasteiger charge is 2.15. The van der Waals surface area contributed by atoms with Gasteiger partial charge >= 0.3 is 0 Å². The second kappa shape index (κ2) is 7.65. The summed E-state index contributed by atoms with van der Waals surface area (Å²) in [6, 6.07) is 7.88. The number of rotatable bonds is 5. The molecule has 0 aliphatic heterocycles. The average Bonchev–Trinajstić information content (AvgIpc) is 3.21. The minimum atomic E-state index is -0.167. The molecule has 0 spiro atoms. The fourth-order valence-electron chi connectivity index (χ4n) is 2.88. The van der Waals surface area contributed by atoms with Crippen LogP contribution in [0.25, 0.3) is 20.4 Å². The number of aryl methyl sites for hydroxylation is 2. The zero-order valence-corrected chi connectivity index (χ0v) is 18.1. The highest BCUT2D eigenvalue weighted by molar-refractivity contribution is 7.99. The van der Waals surface area contributed by atoms with E-state index in [-0.39, 0.29) is 17.2 Å². The summed E-state index contributed by atoms with van der Waals surface area (Å²) >= 11 is 4.22. The topological polar surface area (TPSA) is 76.9 Å². The fraction of sp³-hybridized carbons (Fsp3) is 0.263. The molecule has 0 bridgehead atoms. The smallest absolute Gasteiger partial charge is 0.262 e. The van der Waals surface area contributed by atoms with E-state index in [9.17, 15) is 9.59 Å². The van der Waals surface area contributed by atoms with Crippen LogP contribution in [-0.4, -0.2) is 26.2 Å². The van der Waals surface area contributed by atoms with Crippen molar-refractivity contribution in [2.75, 3.05) is 11.1 Å². The molecule has 1 N–H and O–H groups in total. The zero-order valence-electron chi connectivity index (χ0n) is 15.6. The monoisotopic (exact) mass is 430 g/mol. The molecular formula is C19H18N4O2S3. The molecule has 1 aromatic carbocycles. The van der Waals surface area contributed by atoms with Crippen molar-refractivity contribution < 1.29 is 4.79 Å². The van der Waals surface area contributed by atoms with E-state index in [1.165, 1.54) is 34.4 Å². The second-order valence-electron chi connectivity index (χ2n) is 6.35. The number of nitrogens with zero attached hydrogens (tertiary/aromatic N) is 3. The first kappa shape index (κ1) is 19.1. The van der Waals surface area contributed by atoms with Gasteiger partial charge in [0, 0.05) is 11.4 Å². The van der Waals surface area contributed by atoms with Crippen molar-refractivity contribution in [2.24, 2.45) is 0 Å². The Balaban J connectivity index is 1.51. The maximum absolute atomic E-state index is 12.7. The van der Waals surface area contributed by atoms with E-state index in [1.54, 1.807) is 4.57 Å². The molecule has 0 fully saturated rings. The Morgan fingerprint density at radius 3 is 2.82 bits per heavy atom. The summed E-state index contributed by atoms with van der Waals surface area (Å²) in [5.41, 5.74) is 1.98. The zero-order chi connectivity index (χ0) is 19.8. The van der Waals surface area contributed by atoms with E-state index in [1.807, 2.05) is 39.0 Å². The first-order valence-electron chi connectivity index (χ1n) is 8.75. The maximum Gasteiger partial charge on any atom is 0.262 e. The number of fused-ring (bicyclic) bond motifs is 2. The molecule has 0 radical (unpaired) electrons. The molecule has 1 amide bonds. The SMILES string of the molecule is CCn1c(SCC(=O)Nc2nc3ccc(C)cc3s2)nc2sc(C)cc2c1=O. The van der Waals surface area contributed by atoms with Gasteiger partial charge in [-0.1, -0.05) is 29.2 Å². The summed E-state index contributed by atoms with van der Waals surface area (Å²) in [6.45, 7) is 6.40. The number of thiophene rings is 1. The third-order valence-electron chi connectivity index (χ3n) is 4.18. The van der Waals surface area contributed by atoms with E-state index in [0.717, 1.165) is 25.5 Å². The van der Waals surface area contributed by atoms with E-state index in [2.05, 4.69) is 21.4 Å². The number of carbonyl (C=O) groups excluding carboxylic acids is 1. The Labute approximate surface area is 173 Å². The van der Waals surface area contributed by atoms with E-state index < -0.39 is 0 Å². The van der Waals surface area contributed by atoms with Crippen LogP contribution in [0.1, 0.15) is 17.4 Å². The molecule has 9 heteroatoms. The van der Waals surface area contributed by atoms with Gasteiger partial charge in [-0.05, 0) is 44.5 Å². The molecule has 4 rings (SSSR count). The van der Waals surface area contributed by atoms with Gasteiger partial charge in [0.25, 0.3) is 5.56 Å². The summed E-state index contributed by atoms with van der Waals surface area (Å²) in [6.07, 6.45) is 0. The quantitative estimate of drug-likeness (QED) is 0.374. The van der Waals surface area contributed by atoms with E-state index in [4.69, 9.17) is 0 Å². The van der Waals surface area contributed by atoms with Crippen LogP contribution in [0.5, 0.6) is 0 Å². The third kappa shape index (κ3) is 3.69. The van der Waals surface area contributed by atoms with Crippen molar-refractivity contribution in [2.45, 2.75) is 32.5 Å². The Bertz CT molecular complexity index is 1260. The third-order valence-corrected chi connectivity index (χ3v) is 7.03. The summed E-state index contributed by atoms with van der Waals surface area (Å²) in [7, 11) is 0. The fourth-order valence-corrected chi connectivity index (χ4v) is 5.64. The van der Waals surface area contributed by atoms with Gasteiger partial charge in [0.2, 0.25) is 5.91 Å². The number of carbonyl (C=O) groups is 1. The molecule has 144 valence electrons. The lowest BCUT2D eigenvalue weighted by molar-refractivity contribution is -0.113. The average molecular weight is 431 g/mol.